The Balaban J connectivity index is 2.30. The molecule has 2 heteroatoms. The van der Waals surface area contributed by atoms with Gasteiger partial charge in [0.05, 0.1) is 0 Å². The van der Waals surface area contributed by atoms with Gasteiger partial charge < -0.3 is 10.2 Å². The van der Waals surface area contributed by atoms with E-state index in [1.807, 2.05) is 0 Å². The van der Waals surface area contributed by atoms with Gasteiger partial charge in [-0.2, -0.15) is 0 Å². The molecule has 0 atom stereocenters. The summed E-state index contributed by atoms with van der Waals surface area (Å²) in [7, 11) is 0. The molecule has 475 valence electrons. The van der Waals surface area contributed by atoms with Crippen molar-refractivity contribution in [3.63, 3.8) is 0 Å². The van der Waals surface area contributed by atoms with E-state index >= 15 is 0 Å². The van der Waals surface area contributed by atoms with Crippen molar-refractivity contribution in [2.75, 3.05) is 0 Å². The molecule has 0 unspecified atom stereocenters. The maximum Gasteiger partial charge on any atom is 0.122 e. The molecule has 83 heavy (non-hydrogen) atoms. The van der Waals surface area contributed by atoms with Gasteiger partial charge in [-0.3, -0.25) is 0 Å². The lowest BCUT2D eigenvalue weighted by molar-refractivity contribution is 0.459. The second kappa shape index (κ2) is 51.3. The van der Waals surface area contributed by atoms with Crippen molar-refractivity contribution < 1.29 is 10.2 Å². The molecule has 0 aromatic heterocycles. The molecule has 0 heterocycles. The molecule has 0 saturated heterocycles. The summed E-state index contributed by atoms with van der Waals surface area (Å²) in [6.45, 7) is 16.3. The highest BCUT2D eigenvalue weighted by molar-refractivity contribution is 5.54. The molecule has 0 aliphatic rings. The number of hydrogen-bond acceptors (Lipinski definition) is 2. The third-order valence-electron chi connectivity index (χ3n) is 19.0. The van der Waals surface area contributed by atoms with E-state index in [2.05, 4.69) is 78.8 Å². The predicted octanol–water partition coefficient (Wildman–Crippen LogP) is 26.4. The highest BCUT2D eigenvalue weighted by Gasteiger charge is 2.23. The van der Waals surface area contributed by atoms with Gasteiger partial charge in [-0.05, 0) is 157 Å². The summed E-state index contributed by atoms with van der Waals surface area (Å²) in [6, 6.07) is 14.1. The lowest BCUT2D eigenvalue weighted by Gasteiger charge is -2.25. The molecule has 0 bridgehead atoms. The molecular weight excluding hydrogens is 1000 g/mol. The Labute approximate surface area is 518 Å². The lowest BCUT2D eigenvalue weighted by Crippen LogP contribution is -2.12. The van der Waals surface area contributed by atoms with Crippen LogP contribution in [0.3, 0.4) is 0 Å². The number of phenolic OH excluding ortho intramolecular Hbond substituents is 2. The first kappa shape index (κ1) is 74.5. The van der Waals surface area contributed by atoms with E-state index in [1.54, 1.807) is 16.7 Å². The molecule has 2 nitrogen and oxygen atoms in total. The van der Waals surface area contributed by atoms with Gasteiger partial charge in [0, 0.05) is 12.8 Å². The first-order chi connectivity index (χ1) is 40.8. The first-order valence-corrected chi connectivity index (χ1v) is 37.6. The molecule has 0 fully saturated rings. The average Bonchev–Trinajstić information content (AvgIpc) is 3.61. The Morgan fingerprint density at radius 3 is 0.699 bits per heavy atom. The Bertz CT molecular complexity index is 1860. The molecule has 0 aliphatic carbocycles. The largest absolute Gasteiger partial charge is 0.507 e. The van der Waals surface area contributed by atoms with Crippen molar-refractivity contribution in [3.8, 4) is 11.5 Å². The number of rotatable bonds is 58. The van der Waals surface area contributed by atoms with E-state index in [1.165, 1.54) is 322 Å². The number of hydrogen-bond donors (Lipinski definition) is 2. The smallest absolute Gasteiger partial charge is 0.122 e. The second-order valence-corrected chi connectivity index (χ2v) is 26.8. The van der Waals surface area contributed by atoms with Gasteiger partial charge in [-0.1, -0.05) is 330 Å². The van der Waals surface area contributed by atoms with Gasteiger partial charge in [-0.15, -0.1) is 0 Å². The van der Waals surface area contributed by atoms with E-state index in [0.717, 1.165) is 81.8 Å². The lowest BCUT2D eigenvalue weighted by atomic mass is 9.80. The molecule has 1 radical (unpaired) electrons. The van der Waals surface area contributed by atoms with Crippen LogP contribution >= 0.6 is 0 Å². The molecular formula is C81H139O2. The van der Waals surface area contributed by atoms with Crippen LogP contribution < -0.4 is 0 Å². The van der Waals surface area contributed by atoms with Crippen LogP contribution in [0.15, 0.2) is 24.3 Å². The zero-order valence-corrected chi connectivity index (χ0v) is 56.8. The number of phenols is 2. The standard InChI is InChI=1S/C81H139O2/c1-8-15-22-29-36-41-48-55-69-62-71(57-50-43-38-31-24-17-10-3)80(82)75(64-69)67-73-66-74(68-76-65-70(56-49-42-37-30-23-16-9-2)63-72(81(76)83)58-51-44-39-32-25-18-11-4)78(60-53-46-35-28-21-14-7)79(61-54-47-40-33-26-19-12-5)77(73)59-52-45-34-27-20-13-6/h62-65,82-83H,8-61,67-68H2,1-7H3. The van der Waals surface area contributed by atoms with Gasteiger partial charge in [-0.25, -0.2) is 0 Å². The molecule has 3 aromatic carbocycles. The average molecular weight is 1150 g/mol. The van der Waals surface area contributed by atoms with Crippen molar-refractivity contribution >= 4 is 0 Å². The van der Waals surface area contributed by atoms with Crippen molar-refractivity contribution in [1.82, 2.24) is 0 Å². The number of aromatic hydroxyl groups is 2. The number of benzene rings is 3. The predicted molar refractivity (Wildman–Crippen MR) is 370 cm³/mol. The molecule has 0 spiro atoms. The third-order valence-corrected chi connectivity index (χ3v) is 19.0. The first-order valence-electron chi connectivity index (χ1n) is 37.6. The van der Waals surface area contributed by atoms with Crippen molar-refractivity contribution in [2.45, 2.75) is 408 Å². The monoisotopic (exact) mass is 1140 g/mol. The van der Waals surface area contributed by atoms with E-state index in [0.29, 0.717) is 11.5 Å². The van der Waals surface area contributed by atoms with Crippen molar-refractivity contribution in [3.05, 3.63) is 91.5 Å². The Hall–Kier alpha value is -2.74. The minimum Gasteiger partial charge on any atom is -0.507 e. The van der Waals surface area contributed by atoms with Crippen LogP contribution in [0.5, 0.6) is 11.5 Å². The summed E-state index contributed by atoms with van der Waals surface area (Å²) in [4.78, 5) is 0. The Morgan fingerprint density at radius 1 is 0.229 bits per heavy atom. The van der Waals surface area contributed by atoms with Crippen LogP contribution in [-0.4, -0.2) is 10.2 Å². The summed E-state index contributed by atoms with van der Waals surface area (Å²) in [5.74, 6) is 1.13. The summed E-state index contributed by atoms with van der Waals surface area (Å²) in [5.41, 5.74) is 15.0. The van der Waals surface area contributed by atoms with E-state index in [-0.39, 0.29) is 0 Å². The van der Waals surface area contributed by atoms with Crippen molar-refractivity contribution in [2.24, 2.45) is 0 Å². The topological polar surface area (TPSA) is 40.5 Å². The van der Waals surface area contributed by atoms with Gasteiger partial charge in [0.25, 0.3) is 0 Å². The fourth-order valence-electron chi connectivity index (χ4n) is 13.6. The van der Waals surface area contributed by atoms with Crippen LogP contribution in [0.1, 0.15) is 411 Å². The molecule has 3 rings (SSSR count). The van der Waals surface area contributed by atoms with E-state index in [4.69, 9.17) is 0 Å². The quantitative estimate of drug-likeness (QED) is 0.0553. The molecule has 0 saturated carbocycles. The normalized spacial score (nSPS) is 11.7. The number of aryl methyl sites for hydroxylation is 4. The molecule has 0 amide bonds. The van der Waals surface area contributed by atoms with Gasteiger partial charge in [0.1, 0.15) is 11.5 Å². The maximum atomic E-state index is 12.7. The molecule has 3 aromatic rings. The zero-order valence-electron chi connectivity index (χ0n) is 56.8. The summed E-state index contributed by atoms with van der Waals surface area (Å²) in [5, 5.41) is 25.3. The zero-order chi connectivity index (χ0) is 59.6. The van der Waals surface area contributed by atoms with Crippen LogP contribution in [0.2, 0.25) is 0 Å². The third kappa shape index (κ3) is 33.8. The number of unbranched alkanes of at least 4 members (excludes halogenated alkanes) is 40. The van der Waals surface area contributed by atoms with Crippen molar-refractivity contribution in [1.29, 1.82) is 0 Å². The minimum absolute atomic E-state index is 0.565. The fourth-order valence-corrected chi connectivity index (χ4v) is 13.6. The summed E-state index contributed by atoms with van der Waals surface area (Å²) >= 11 is 0. The SMILES string of the molecule is CCCCCCCCCc1cc(CCCCCCCCC)c(O)c(Cc2[c]c(Cc3cc(CCCCCCCCC)cc(CCCCCCCCC)c3O)c(CCCCCCCC)c(CCCCCCCCC)c2CCCCCCCC)c1. The van der Waals surface area contributed by atoms with Gasteiger partial charge in [0.2, 0.25) is 0 Å². The summed E-state index contributed by atoms with van der Waals surface area (Å²) < 4.78 is 0. The highest BCUT2D eigenvalue weighted by Crippen LogP contribution is 2.38. The van der Waals surface area contributed by atoms with Crippen LogP contribution in [0, 0.1) is 6.07 Å². The van der Waals surface area contributed by atoms with Gasteiger partial charge >= 0.3 is 0 Å². The van der Waals surface area contributed by atoms with E-state index < -0.39 is 0 Å². The highest BCUT2D eigenvalue weighted by atomic mass is 16.3. The maximum absolute atomic E-state index is 12.7. The fraction of sp³-hybridized carbons (Fsp3) is 0.778. The van der Waals surface area contributed by atoms with E-state index in [9.17, 15) is 10.2 Å². The second-order valence-electron chi connectivity index (χ2n) is 26.8. The molecule has 0 aliphatic heterocycles. The Morgan fingerprint density at radius 2 is 0.434 bits per heavy atom. The Kier molecular flexibility index (Phi) is 46.1. The summed E-state index contributed by atoms with van der Waals surface area (Å²) in [6.07, 6.45) is 70.3. The minimum atomic E-state index is 0.565. The van der Waals surface area contributed by atoms with Crippen LogP contribution in [0.4, 0.5) is 0 Å². The van der Waals surface area contributed by atoms with Crippen LogP contribution in [0.25, 0.3) is 0 Å². The molecule has 2 N–H and O–H groups in total. The van der Waals surface area contributed by atoms with Gasteiger partial charge in [0.15, 0.2) is 0 Å². The van der Waals surface area contributed by atoms with Crippen LogP contribution in [-0.2, 0) is 57.8 Å².